The Kier molecular flexibility index (Phi) is 8.65. The van der Waals surface area contributed by atoms with Gasteiger partial charge in [-0.05, 0) is 63.8 Å². The van der Waals surface area contributed by atoms with Gasteiger partial charge >= 0.3 is 6.09 Å². The third-order valence-electron chi connectivity index (χ3n) is 4.95. The molecule has 7 heteroatoms. The van der Waals surface area contributed by atoms with Crippen LogP contribution >= 0.6 is 0 Å². The van der Waals surface area contributed by atoms with E-state index in [0.29, 0.717) is 38.4 Å². The zero-order valence-electron chi connectivity index (χ0n) is 18.9. The fraction of sp³-hybridized carbons (Fsp3) is 0.652. The minimum absolute atomic E-state index is 0.000282. The van der Waals surface area contributed by atoms with Crippen LogP contribution in [0.4, 0.5) is 9.18 Å². The predicted octanol–water partition coefficient (Wildman–Crippen LogP) is 3.80. The van der Waals surface area contributed by atoms with Gasteiger partial charge < -0.3 is 19.9 Å². The van der Waals surface area contributed by atoms with Crippen LogP contribution in [-0.2, 0) is 16.1 Å². The van der Waals surface area contributed by atoms with Crippen LogP contribution in [0.25, 0.3) is 0 Å². The number of hydrogen-bond donors (Lipinski definition) is 1. The van der Waals surface area contributed by atoms with E-state index < -0.39 is 5.60 Å². The lowest BCUT2D eigenvalue weighted by Gasteiger charge is -2.39. The van der Waals surface area contributed by atoms with Crippen molar-refractivity contribution in [1.29, 1.82) is 0 Å². The molecule has 1 aromatic rings. The molecule has 6 nitrogen and oxygen atoms in total. The third kappa shape index (κ3) is 7.94. The number of benzene rings is 1. The number of amides is 2. The maximum absolute atomic E-state index is 13.7. The topological polar surface area (TPSA) is 61.9 Å². The van der Waals surface area contributed by atoms with Crippen LogP contribution < -0.4 is 5.32 Å². The van der Waals surface area contributed by atoms with Crippen LogP contribution in [-0.4, -0.2) is 59.6 Å². The number of piperidine rings is 1. The molecule has 0 unspecified atom stereocenters. The van der Waals surface area contributed by atoms with Crippen LogP contribution in [0.2, 0.25) is 0 Å². The molecule has 30 heavy (non-hydrogen) atoms. The van der Waals surface area contributed by atoms with Crippen molar-refractivity contribution in [3.05, 3.63) is 35.6 Å². The summed E-state index contributed by atoms with van der Waals surface area (Å²) in [5, 5.41) is 3.20. The Morgan fingerprint density at radius 1 is 1.27 bits per heavy atom. The quantitative estimate of drug-likeness (QED) is 0.727. The summed E-state index contributed by atoms with van der Waals surface area (Å²) >= 11 is 0. The Bertz CT molecular complexity index is 710. The maximum Gasteiger partial charge on any atom is 0.410 e. The minimum Gasteiger partial charge on any atom is -0.444 e. The van der Waals surface area contributed by atoms with Gasteiger partial charge in [-0.2, -0.15) is 0 Å². The van der Waals surface area contributed by atoms with Gasteiger partial charge in [0.25, 0.3) is 0 Å². The average Bonchev–Trinajstić information content (AvgIpc) is 2.64. The predicted molar refractivity (Wildman–Crippen MR) is 115 cm³/mol. The smallest absolute Gasteiger partial charge is 0.410 e. The van der Waals surface area contributed by atoms with E-state index in [0.717, 1.165) is 12.1 Å². The first-order valence-corrected chi connectivity index (χ1v) is 10.8. The van der Waals surface area contributed by atoms with Crippen molar-refractivity contribution in [1.82, 2.24) is 15.1 Å². The molecule has 0 bridgehead atoms. The summed E-state index contributed by atoms with van der Waals surface area (Å²) in [5.41, 5.74) is 0.233. The van der Waals surface area contributed by atoms with Crippen LogP contribution in [0.15, 0.2) is 24.3 Å². The second-order valence-corrected chi connectivity index (χ2v) is 9.37. The second-order valence-electron chi connectivity index (χ2n) is 9.37. The molecule has 1 heterocycles. The first-order chi connectivity index (χ1) is 14.0. The molecule has 0 radical (unpaired) electrons. The monoisotopic (exact) mass is 421 g/mol. The maximum atomic E-state index is 13.7. The van der Waals surface area contributed by atoms with E-state index in [2.05, 4.69) is 19.2 Å². The van der Waals surface area contributed by atoms with E-state index in [4.69, 9.17) is 4.74 Å². The van der Waals surface area contributed by atoms with Gasteiger partial charge in [-0.1, -0.05) is 26.0 Å². The van der Waals surface area contributed by atoms with Crippen LogP contribution in [0.5, 0.6) is 0 Å². The summed E-state index contributed by atoms with van der Waals surface area (Å²) in [6, 6.07) is 6.37. The Morgan fingerprint density at radius 2 is 1.93 bits per heavy atom. The number of nitrogens with zero attached hydrogens (tertiary/aromatic N) is 2. The lowest BCUT2D eigenvalue weighted by molar-refractivity contribution is -0.134. The van der Waals surface area contributed by atoms with Gasteiger partial charge in [0.1, 0.15) is 11.4 Å². The standard InChI is InChI=1S/C23H36FN3O3/c1-17(2)14-25-15-21(28)27(16-18-7-6-8-19(24)13-18)20-9-11-26(12-10-20)22(29)30-23(3,4)5/h6-8,13,17,20,25H,9-12,14-16H2,1-5H3. The van der Waals surface area contributed by atoms with E-state index in [1.165, 1.54) is 12.1 Å². The molecule has 1 fully saturated rings. The fourth-order valence-electron chi connectivity index (χ4n) is 3.51. The van der Waals surface area contributed by atoms with Crippen LogP contribution in [0, 0.1) is 11.7 Å². The second kappa shape index (κ2) is 10.8. The first-order valence-electron chi connectivity index (χ1n) is 10.8. The van der Waals surface area contributed by atoms with Crippen molar-refractivity contribution >= 4 is 12.0 Å². The number of nitrogens with one attached hydrogen (secondary N) is 1. The molecule has 168 valence electrons. The van der Waals surface area contributed by atoms with E-state index >= 15 is 0 Å². The third-order valence-corrected chi connectivity index (χ3v) is 4.95. The highest BCUT2D eigenvalue weighted by Gasteiger charge is 2.31. The molecule has 0 saturated carbocycles. The summed E-state index contributed by atoms with van der Waals surface area (Å²) < 4.78 is 19.1. The summed E-state index contributed by atoms with van der Waals surface area (Å²) in [6.45, 7) is 12.2. The molecule has 1 saturated heterocycles. The van der Waals surface area contributed by atoms with Crippen molar-refractivity contribution in [3.63, 3.8) is 0 Å². The van der Waals surface area contributed by atoms with E-state index in [1.807, 2.05) is 31.7 Å². The van der Waals surface area contributed by atoms with Crippen molar-refractivity contribution in [3.8, 4) is 0 Å². The van der Waals surface area contributed by atoms with Crippen molar-refractivity contribution in [2.24, 2.45) is 5.92 Å². The minimum atomic E-state index is -0.532. The summed E-state index contributed by atoms with van der Waals surface area (Å²) in [6.07, 6.45) is 1.03. The number of hydrogen-bond acceptors (Lipinski definition) is 4. The lowest BCUT2D eigenvalue weighted by atomic mass is 10.0. The number of ether oxygens (including phenoxy) is 1. The highest BCUT2D eigenvalue weighted by molar-refractivity contribution is 5.78. The van der Waals surface area contributed by atoms with Gasteiger partial charge in [-0.15, -0.1) is 0 Å². The average molecular weight is 422 g/mol. The number of likely N-dealkylation sites (tertiary alicyclic amines) is 1. The van der Waals surface area contributed by atoms with Crippen molar-refractivity contribution in [2.45, 2.75) is 65.6 Å². The number of carbonyl (C=O) groups excluding carboxylic acids is 2. The molecule has 1 aromatic carbocycles. The van der Waals surface area contributed by atoms with E-state index in [9.17, 15) is 14.0 Å². The Morgan fingerprint density at radius 3 is 2.50 bits per heavy atom. The van der Waals surface area contributed by atoms with Crippen LogP contribution in [0.1, 0.15) is 53.0 Å². The fourth-order valence-corrected chi connectivity index (χ4v) is 3.51. The number of carbonyl (C=O) groups is 2. The number of rotatable bonds is 7. The SMILES string of the molecule is CC(C)CNCC(=O)N(Cc1cccc(F)c1)C1CCN(C(=O)OC(C)(C)C)CC1. The molecule has 1 aliphatic rings. The van der Waals surface area contributed by atoms with Gasteiger partial charge in [-0.25, -0.2) is 9.18 Å². The van der Waals surface area contributed by atoms with Crippen molar-refractivity contribution < 1.29 is 18.7 Å². The summed E-state index contributed by atoms with van der Waals surface area (Å²) in [7, 11) is 0. The number of halogens is 1. The molecule has 2 amide bonds. The highest BCUT2D eigenvalue weighted by atomic mass is 19.1. The zero-order valence-corrected chi connectivity index (χ0v) is 18.9. The van der Waals surface area contributed by atoms with E-state index in [-0.39, 0.29) is 30.4 Å². The summed E-state index contributed by atoms with van der Waals surface area (Å²) in [4.78, 5) is 28.8. The molecule has 0 spiro atoms. The van der Waals surface area contributed by atoms with Gasteiger partial charge in [0.05, 0.1) is 6.54 Å². The van der Waals surface area contributed by atoms with Crippen LogP contribution in [0.3, 0.4) is 0 Å². The molecular formula is C23H36FN3O3. The first kappa shape index (κ1) is 24.1. The molecular weight excluding hydrogens is 385 g/mol. The Labute approximate surface area is 179 Å². The van der Waals surface area contributed by atoms with Crippen molar-refractivity contribution in [2.75, 3.05) is 26.2 Å². The van der Waals surface area contributed by atoms with Gasteiger partial charge in [0.15, 0.2) is 0 Å². The molecule has 0 atom stereocenters. The van der Waals surface area contributed by atoms with Gasteiger partial charge in [0, 0.05) is 25.7 Å². The Hall–Kier alpha value is -2.15. The molecule has 0 aromatic heterocycles. The summed E-state index contributed by atoms with van der Waals surface area (Å²) in [5.74, 6) is 0.139. The van der Waals surface area contributed by atoms with Gasteiger partial charge in [-0.3, -0.25) is 4.79 Å². The largest absolute Gasteiger partial charge is 0.444 e. The normalized spacial score (nSPS) is 15.4. The van der Waals surface area contributed by atoms with Gasteiger partial charge in [0.2, 0.25) is 5.91 Å². The molecule has 1 N–H and O–H groups in total. The molecule has 1 aliphatic heterocycles. The van der Waals surface area contributed by atoms with E-state index in [1.54, 1.807) is 11.0 Å². The zero-order chi connectivity index (χ0) is 22.3. The highest BCUT2D eigenvalue weighted by Crippen LogP contribution is 2.21. The Balaban J connectivity index is 2.03. The molecule has 2 rings (SSSR count). The lowest BCUT2D eigenvalue weighted by Crippen LogP contribution is -2.51. The molecule has 0 aliphatic carbocycles.